The molecule has 2 heterocycles. The Bertz CT molecular complexity index is 835. The molecule has 29 heavy (non-hydrogen) atoms. The van der Waals surface area contributed by atoms with Crippen LogP contribution in [0.4, 0.5) is 16.3 Å². The Morgan fingerprint density at radius 2 is 1.97 bits per heavy atom. The summed E-state index contributed by atoms with van der Waals surface area (Å²) >= 11 is 0. The molecule has 2 N–H and O–H groups in total. The van der Waals surface area contributed by atoms with Crippen LogP contribution in [0.25, 0.3) is 0 Å². The molecule has 0 bridgehead atoms. The van der Waals surface area contributed by atoms with Crippen molar-refractivity contribution in [3.63, 3.8) is 0 Å². The number of nitrogens with one attached hydrogen (secondary N) is 2. The van der Waals surface area contributed by atoms with Gasteiger partial charge in [-0.05, 0) is 44.0 Å². The van der Waals surface area contributed by atoms with E-state index in [1.54, 1.807) is 55.3 Å². The molecule has 1 aromatic carbocycles. The Morgan fingerprint density at radius 1 is 1.17 bits per heavy atom. The molecule has 154 valence electrons. The molecule has 2 aromatic rings. The number of benzene rings is 1. The van der Waals surface area contributed by atoms with Crippen LogP contribution in [0, 0.1) is 0 Å². The average Bonchev–Trinajstić information content (AvgIpc) is 2.75. The standard InChI is InChI=1S/C20H25N5O4/c1-3-29-20(27)25-11-9-14(10-12-25)21-18-8-7-17(23-24-18)19(26)22-15-5-4-6-16(13-15)28-2/h4-8,13-14H,3,9-12H2,1-2H3,(H,21,24)(H,22,26). The van der Waals surface area contributed by atoms with E-state index >= 15 is 0 Å². The fraction of sp³-hybridized carbons (Fsp3) is 0.400. The highest BCUT2D eigenvalue weighted by Crippen LogP contribution is 2.18. The van der Waals surface area contributed by atoms with E-state index in [2.05, 4.69) is 20.8 Å². The molecule has 0 aliphatic carbocycles. The van der Waals surface area contributed by atoms with Crippen molar-refractivity contribution in [3.05, 3.63) is 42.1 Å². The molecule has 1 aliphatic rings. The lowest BCUT2D eigenvalue weighted by molar-refractivity contribution is 0.0982. The number of likely N-dealkylation sites (tertiary alicyclic amines) is 1. The van der Waals surface area contributed by atoms with E-state index in [0.29, 0.717) is 37.0 Å². The minimum atomic E-state index is -0.347. The van der Waals surface area contributed by atoms with Gasteiger partial charge in [-0.2, -0.15) is 0 Å². The Balaban J connectivity index is 1.51. The fourth-order valence-electron chi connectivity index (χ4n) is 3.06. The van der Waals surface area contributed by atoms with Crippen molar-refractivity contribution in [2.45, 2.75) is 25.8 Å². The summed E-state index contributed by atoms with van der Waals surface area (Å²) in [6.07, 6.45) is 1.31. The van der Waals surface area contributed by atoms with Gasteiger partial charge in [0, 0.05) is 30.9 Å². The number of carbonyl (C=O) groups is 2. The zero-order chi connectivity index (χ0) is 20.6. The molecule has 9 heteroatoms. The normalized spacial score (nSPS) is 14.2. The van der Waals surface area contributed by atoms with Gasteiger partial charge in [-0.15, -0.1) is 10.2 Å². The number of carbonyl (C=O) groups excluding carboxylic acids is 2. The molecule has 0 spiro atoms. The number of anilines is 2. The number of methoxy groups -OCH3 is 1. The Kier molecular flexibility index (Phi) is 6.83. The number of ether oxygens (including phenoxy) is 2. The van der Waals surface area contributed by atoms with Crippen molar-refractivity contribution in [1.82, 2.24) is 15.1 Å². The lowest BCUT2D eigenvalue weighted by atomic mass is 10.1. The molecule has 0 radical (unpaired) electrons. The largest absolute Gasteiger partial charge is 0.497 e. The Labute approximate surface area is 169 Å². The summed E-state index contributed by atoms with van der Waals surface area (Å²) in [6, 6.07) is 10.6. The van der Waals surface area contributed by atoms with Gasteiger partial charge in [-0.1, -0.05) is 6.07 Å². The SMILES string of the molecule is CCOC(=O)N1CCC(Nc2ccc(C(=O)Nc3cccc(OC)c3)nn2)CC1. The summed E-state index contributed by atoms with van der Waals surface area (Å²) in [5.41, 5.74) is 0.835. The van der Waals surface area contributed by atoms with E-state index in [1.807, 2.05) is 0 Å². The molecule has 3 rings (SSSR count). The summed E-state index contributed by atoms with van der Waals surface area (Å²) in [5, 5.41) is 14.2. The van der Waals surface area contributed by atoms with Gasteiger partial charge < -0.3 is 25.0 Å². The third-order valence-electron chi connectivity index (χ3n) is 4.60. The first-order valence-corrected chi connectivity index (χ1v) is 9.56. The number of nitrogens with zero attached hydrogens (tertiary/aromatic N) is 3. The molecule has 1 saturated heterocycles. The lowest BCUT2D eigenvalue weighted by Crippen LogP contribution is -2.42. The van der Waals surface area contributed by atoms with Crippen molar-refractivity contribution in [2.24, 2.45) is 0 Å². The molecule has 9 nitrogen and oxygen atoms in total. The molecule has 1 aromatic heterocycles. The van der Waals surface area contributed by atoms with Crippen LogP contribution in [-0.2, 0) is 4.74 Å². The van der Waals surface area contributed by atoms with Crippen molar-refractivity contribution in [3.8, 4) is 5.75 Å². The smallest absolute Gasteiger partial charge is 0.409 e. The van der Waals surface area contributed by atoms with Crippen LogP contribution in [-0.4, -0.2) is 59.9 Å². The van der Waals surface area contributed by atoms with E-state index in [4.69, 9.17) is 9.47 Å². The minimum absolute atomic E-state index is 0.187. The second-order valence-electron chi connectivity index (χ2n) is 6.59. The van der Waals surface area contributed by atoms with Crippen molar-refractivity contribution >= 4 is 23.5 Å². The Hall–Kier alpha value is -3.36. The second kappa shape index (κ2) is 9.72. The second-order valence-corrected chi connectivity index (χ2v) is 6.59. The topological polar surface area (TPSA) is 106 Å². The van der Waals surface area contributed by atoms with Gasteiger partial charge in [0.2, 0.25) is 0 Å². The van der Waals surface area contributed by atoms with Crippen molar-refractivity contribution in [1.29, 1.82) is 0 Å². The first-order chi connectivity index (χ1) is 14.1. The summed E-state index contributed by atoms with van der Waals surface area (Å²) in [6.45, 7) is 3.44. The average molecular weight is 399 g/mol. The highest BCUT2D eigenvalue weighted by molar-refractivity contribution is 6.02. The summed E-state index contributed by atoms with van der Waals surface area (Å²) in [7, 11) is 1.57. The van der Waals surface area contributed by atoms with E-state index in [1.165, 1.54) is 0 Å². The summed E-state index contributed by atoms with van der Waals surface area (Å²) in [5.74, 6) is 0.903. The highest BCUT2D eigenvalue weighted by Gasteiger charge is 2.23. The lowest BCUT2D eigenvalue weighted by Gasteiger charge is -2.31. The predicted octanol–water partition coefficient (Wildman–Crippen LogP) is 2.77. The van der Waals surface area contributed by atoms with E-state index < -0.39 is 0 Å². The maximum Gasteiger partial charge on any atom is 0.409 e. The van der Waals surface area contributed by atoms with Crippen LogP contribution in [0.5, 0.6) is 5.75 Å². The van der Waals surface area contributed by atoms with E-state index in [-0.39, 0.29) is 23.7 Å². The van der Waals surface area contributed by atoms with Crippen LogP contribution in [0.15, 0.2) is 36.4 Å². The number of amides is 2. The number of aromatic nitrogens is 2. The van der Waals surface area contributed by atoms with Gasteiger partial charge in [0.05, 0.1) is 13.7 Å². The first-order valence-electron chi connectivity index (χ1n) is 9.56. The zero-order valence-electron chi connectivity index (χ0n) is 16.6. The monoisotopic (exact) mass is 399 g/mol. The summed E-state index contributed by atoms with van der Waals surface area (Å²) in [4.78, 5) is 25.8. The number of hydrogen-bond donors (Lipinski definition) is 2. The molecular formula is C20H25N5O4. The molecule has 2 amide bonds. The Morgan fingerprint density at radius 3 is 2.62 bits per heavy atom. The van der Waals surface area contributed by atoms with Gasteiger partial charge >= 0.3 is 6.09 Å². The molecule has 1 fully saturated rings. The van der Waals surface area contributed by atoms with Crippen LogP contribution in [0.1, 0.15) is 30.3 Å². The molecule has 0 unspecified atom stereocenters. The zero-order valence-corrected chi connectivity index (χ0v) is 16.6. The van der Waals surface area contributed by atoms with Gasteiger partial charge in [-0.3, -0.25) is 4.79 Å². The summed E-state index contributed by atoms with van der Waals surface area (Å²) < 4.78 is 10.2. The van der Waals surface area contributed by atoms with Gasteiger partial charge in [0.15, 0.2) is 5.69 Å². The van der Waals surface area contributed by atoms with Gasteiger partial charge in [0.25, 0.3) is 5.91 Å². The maximum atomic E-state index is 12.3. The fourth-order valence-corrected chi connectivity index (χ4v) is 3.06. The third-order valence-corrected chi connectivity index (χ3v) is 4.60. The van der Waals surface area contributed by atoms with E-state index in [9.17, 15) is 9.59 Å². The highest BCUT2D eigenvalue weighted by atomic mass is 16.6. The molecular weight excluding hydrogens is 374 g/mol. The van der Waals surface area contributed by atoms with Crippen LogP contribution in [0.3, 0.4) is 0 Å². The van der Waals surface area contributed by atoms with Crippen LogP contribution in [0.2, 0.25) is 0 Å². The van der Waals surface area contributed by atoms with Crippen LogP contribution < -0.4 is 15.4 Å². The molecule has 0 atom stereocenters. The van der Waals surface area contributed by atoms with Crippen LogP contribution >= 0.6 is 0 Å². The number of piperidine rings is 1. The van der Waals surface area contributed by atoms with Crippen molar-refractivity contribution < 1.29 is 19.1 Å². The van der Waals surface area contributed by atoms with E-state index in [0.717, 1.165) is 12.8 Å². The molecule has 0 saturated carbocycles. The molecule has 1 aliphatic heterocycles. The number of hydrogen-bond acceptors (Lipinski definition) is 7. The predicted molar refractivity (Wildman–Crippen MR) is 108 cm³/mol. The van der Waals surface area contributed by atoms with Gasteiger partial charge in [0.1, 0.15) is 11.6 Å². The van der Waals surface area contributed by atoms with Gasteiger partial charge in [-0.25, -0.2) is 4.79 Å². The third kappa shape index (κ3) is 5.56. The first kappa shape index (κ1) is 20.4. The minimum Gasteiger partial charge on any atom is -0.497 e. The maximum absolute atomic E-state index is 12.3. The quantitative estimate of drug-likeness (QED) is 0.769. The number of rotatable bonds is 6. The van der Waals surface area contributed by atoms with Crippen molar-refractivity contribution in [2.75, 3.05) is 37.4 Å².